The molecule has 0 aromatic rings. The van der Waals surface area contributed by atoms with Gasteiger partial charge in [-0.15, -0.1) is 0 Å². The minimum Gasteiger partial charge on any atom is -0.263 e. The van der Waals surface area contributed by atoms with Crippen molar-refractivity contribution < 1.29 is 9.85 Å². The van der Waals surface area contributed by atoms with E-state index in [-0.39, 0.29) is 5.92 Å². The van der Waals surface area contributed by atoms with Crippen LogP contribution in [0.5, 0.6) is 0 Å². The molecule has 0 N–H and O–H groups in total. The molecule has 0 aromatic carbocycles. The van der Waals surface area contributed by atoms with Crippen molar-refractivity contribution in [1.82, 2.24) is 0 Å². The van der Waals surface area contributed by atoms with Crippen molar-refractivity contribution in [2.24, 2.45) is 17.8 Å². The highest BCUT2D eigenvalue weighted by Crippen LogP contribution is 2.57. The molecule has 1 fully saturated rings. The molecule has 6 nitrogen and oxygen atoms in total. The van der Waals surface area contributed by atoms with Gasteiger partial charge in [0.1, 0.15) is 5.92 Å². The average Bonchev–Trinajstić information content (AvgIpc) is 2.80. The summed E-state index contributed by atoms with van der Waals surface area (Å²) in [5, 5.41) is 22.2. The lowest BCUT2D eigenvalue weighted by atomic mass is 9.86. The maximum absolute atomic E-state index is 11.2. The third-order valence-electron chi connectivity index (χ3n) is 3.47. The minimum atomic E-state index is -1.95. The zero-order valence-corrected chi connectivity index (χ0v) is 11.0. The molecule has 18 heavy (non-hydrogen) atoms. The Morgan fingerprint density at radius 2 is 1.89 bits per heavy atom. The minimum absolute atomic E-state index is 0.384. The van der Waals surface area contributed by atoms with Gasteiger partial charge in [0.25, 0.3) is 5.70 Å². The summed E-state index contributed by atoms with van der Waals surface area (Å²) in [5.41, 5.74) is -0.582. The van der Waals surface area contributed by atoms with Crippen LogP contribution in [0.1, 0.15) is 6.42 Å². The standard InChI is InChI=1S/C9H7Cl3N2O4/c10-8(11)7(13(15)16)6-4-1-2-5(3-4)9(6,12)14(17)18/h1-2,4-6H,3H2/t4-,5+,6-,9+/m0/s1. The van der Waals surface area contributed by atoms with Crippen LogP contribution in [-0.2, 0) is 0 Å². The summed E-state index contributed by atoms with van der Waals surface area (Å²) in [6, 6.07) is 0. The molecule has 0 aromatic heterocycles. The van der Waals surface area contributed by atoms with Crippen molar-refractivity contribution in [2.75, 3.05) is 0 Å². The molecule has 0 unspecified atom stereocenters. The molecule has 2 rings (SSSR count). The van der Waals surface area contributed by atoms with Gasteiger partial charge in [0, 0.05) is 4.92 Å². The van der Waals surface area contributed by atoms with Crippen LogP contribution in [0.25, 0.3) is 0 Å². The van der Waals surface area contributed by atoms with E-state index in [2.05, 4.69) is 0 Å². The molecule has 0 aliphatic heterocycles. The lowest BCUT2D eigenvalue weighted by Gasteiger charge is -2.26. The van der Waals surface area contributed by atoms with Gasteiger partial charge in [0.2, 0.25) is 0 Å². The Bertz CT molecular complexity index is 488. The maximum Gasteiger partial charge on any atom is 0.314 e. The number of allylic oxidation sites excluding steroid dienone is 1. The molecule has 0 heterocycles. The zero-order chi connectivity index (χ0) is 13.7. The Labute approximate surface area is 116 Å². The molecule has 4 atom stereocenters. The quantitative estimate of drug-likeness (QED) is 0.263. The molecular weight excluding hydrogens is 306 g/mol. The van der Waals surface area contributed by atoms with Gasteiger partial charge >= 0.3 is 5.00 Å². The van der Waals surface area contributed by atoms with Crippen LogP contribution in [0, 0.1) is 38.0 Å². The first-order chi connectivity index (χ1) is 8.30. The molecule has 2 bridgehead atoms. The zero-order valence-electron chi connectivity index (χ0n) is 8.76. The second-order valence-electron chi connectivity index (χ2n) is 4.26. The number of fused-ring (bicyclic) bond motifs is 2. The van der Waals surface area contributed by atoms with Crippen molar-refractivity contribution in [3.63, 3.8) is 0 Å². The molecule has 2 aliphatic rings. The highest BCUT2D eigenvalue weighted by molar-refractivity contribution is 6.56. The van der Waals surface area contributed by atoms with Gasteiger partial charge in [0.05, 0.1) is 10.8 Å². The van der Waals surface area contributed by atoms with E-state index in [1.165, 1.54) is 0 Å². The second-order valence-corrected chi connectivity index (χ2v) is 5.81. The Hall–Kier alpha value is -0.850. The summed E-state index contributed by atoms with van der Waals surface area (Å²) in [6.45, 7) is 0. The number of alkyl halides is 1. The van der Waals surface area contributed by atoms with Crippen LogP contribution >= 0.6 is 34.8 Å². The van der Waals surface area contributed by atoms with E-state index in [9.17, 15) is 20.2 Å². The van der Waals surface area contributed by atoms with Gasteiger partial charge in [-0.3, -0.25) is 20.2 Å². The van der Waals surface area contributed by atoms with Crippen molar-refractivity contribution in [2.45, 2.75) is 11.4 Å². The maximum atomic E-state index is 11.2. The van der Waals surface area contributed by atoms with Crippen LogP contribution in [0.2, 0.25) is 0 Å². The lowest BCUT2D eigenvalue weighted by Crippen LogP contribution is -2.45. The van der Waals surface area contributed by atoms with Gasteiger partial charge in [-0.25, -0.2) is 0 Å². The average molecular weight is 314 g/mol. The van der Waals surface area contributed by atoms with Crippen molar-refractivity contribution in [3.8, 4) is 0 Å². The van der Waals surface area contributed by atoms with Crippen molar-refractivity contribution in [3.05, 3.63) is 42.6 Å². The first kappa shape index (κ1) is 13.6. The van der Waals surface area contributed by atoms with Crippen LogP contribution < -0.4 is 0 Å². The van der Waals surface area contributed by atoms with E-state index >= 15 is 0 Å². The van der Waals surface area contributed by atoms with Crippen LogP contribution in [-0.4, -0.2) is 14.8 Å². The Morgan fingerprint density at radius 1 is 1.28 bits per heavy atom. The molecule has 0 spiro atoms. The largest absolute Gasteiger partial charge is 0.314 e. The van der Waals surface area contributed by atoms with Gasteiger partial charge < -0.3 is 0 Å². The van der Waals surface area contributed by atoms with E-state index < -0.39 is 36.9 Å². The third kappa shape index (κ3) is 1.71. The second kappa shape index (κ2) is 4.36. The molecule has 0 amide bonds. The van der Waals surface area contributed by atoms with E-state index in [0.29, 0.717) is 6.42 Å². The molecular formula is C9H7Cl3N2O4. The molecule has 98 valence electrons. The summed E-state index contributed by atoms with van der Waals surface area (Å²) in [6.07, 6.45) is 3.71. The summed E-state index contributed by atoms with van der Waals surface area (Å²) < 4.78 is -0.585. The SMILES string of the molecule is O=[N+]([O-])C(=C(Cl)Cl)[C@@H]1[C@H]2C=C[C@H](C2)[C@@]1(Cl)[N+](=O)[O-]. The van der Waals surface area contributed by atoms with Gasteiger partial charge in [-0.2, -0.15) is 0 Å². The van der Waals surface area contributed by atoms with E-state index in [0.717, 1.165) is 0 Å². The van der Waals surface area contributed by atoms with Crippen LogP contribution in [0.3, 0.4) is 0 Å². The summed E-state index contributed by atoms with van der Waals surface area (Å²) in [7, 11) is 0. The number of halogens is 3. The smallest absolute Gasteiger partial charge is 0.263 e. The molecule has 1 saturated carbocycles. The highest BCUT2D eigenvalue weighted by Gasteiger charge is 2.69. The van der Waals surface area contributed by atoms with Gasteiger partial charge in [-0.05, 0) is 23.9 Å². The fraction of sp³-hybridized carbons (Fsp3) is 0.556. The van der Waals surface area contributed by atoms with Gasteiger partial charge in [-0.1, -0.05) is 35.4 Å². The Kier molecular flexibility index (Phi) is 3.29. The monoisotopic (exact) mass is 312 g/mol. The molecule has 0 saturated heterocycles. The fourth-order valence-corrected chi connectivity index (χ4v) is 3.55. The number of nitro groups is 2. The number of hydrogen-bond donors (Lipinski definition) is 0. The summed E-state index contributed by atoms with van der Waals surface area (Å²) in [5.74, 6) is -2.05. The number of rotatable bonds is 3. The van der Waals surface area contributed by atoms with E-state index in [1.807, 2.05) is 0 Å². The number of hydrogen-bond acceptors (Lipinski definition) is 4. The predicted octanol–water partition coefficient (Wildman–Crippen LogP) is 2.94. The van der Waals surface area contributed by atoms with Crippen LogP contribution in [0.15, 0.2) is 22.3 Å². The highest BCUT2D eigenvalue weighted by atomic mass is 35.5. The predicted molar refractivity (Wildman–Crippen MR) is 65.5 cm³/mol. The van der Waals surface area contributed by atoms with E-state index in [1.54, 1.807) is 12.2 Å². The lowest BCUT2D eigenvalue weighted by molar-refractivity contribution is -0.562. The topological polar surface area (TPSA) is 86.3 Å². The summed E-state index contributed by atoms with van der Waals surface area (Å²) in [4.78, 5) is 18.7. The van der Waals surface area contributed by atoms with E-state index in [4.69, 9.17) is 34.8 Å². The fourth-order valence-electron chi connectivity index (χ4n) is 2.75. The normalized spacial score (nSPS) is 36.7. The first-order valence-corrected chi connectivity index (χ1v) is 6.14. The molecule has 2 aliphatic carbocycles. The Balaban J connectivity index is 2.56. The van der Waals surface area contributed by atoms with Gasteiger partial charge in [0.15, 0.2) is 4.49 Å². The first-order valence-electron chi connectivity index (χ1n) is 5.01. The van der Waals surface area contributed by atoms with Crippen LogP contribution in [0.4, 0.5) is 0 Å². The third-order valence-corrected chi connectivity index (χ3v) is 4.51. The number of nitrogens with zero attached hydrogens (tertiary/aromatic N) is 2. The van der Waals surface area contributed by atoms with Crippen molar-refractivity contribution in [1.29, 1.82) is 0 Å². The molecule has 0 radical (unpaired) electrons. The Morgan fingerprint density at radius 3 is 2.33 bits per heavy atom. The molecule has 9 heteroatoms. The van der Waals surface area contributed by atoms with Crippen molar-refractivity contribution >= 4 is 34.8 Å². The summed E-state index contributed by atoms with van der Waals surface area (Å²) >= 11 is 17.0.